The summed E-state index contributed by atoms with van der Waals surface area (Å²) in [6.07, 6.45) is 7.97. The predicted octanol–water partition coefficient (Wildman–Crippen LogP) is 2.41. The number of rotatable bonds is 1. The molecule has 1 saturated heterocycles. The number of nitrogens with one attached hydrogen (secondary N) is 1. The van der Waals surface area contributed by atoms with E-state index in [2.05, 4.69) is 39.9 Å². The molecule has 1 aromatic rings. The Morgan fingerprint density at radius 2 is 2.12 bits per heavy atom. The van der Waals surface area contributed by atoms with E-state index in [1.165, 1.54) is 16.1 Å². The molecule has 0 amide bonds. The van der Waals surface area contributed by atoms with Crippen molar-refractivity contribution in [2.45, 2.75) is 6.42 Å². The summed E-state index contributed by atoms with van der Waals surface area (Å²) in [4.78, 5) is 3.90. The van der Waals surface area contributed by atoms with Crippen molar-refractivity contribution < 1.29 is 0 Å². The minimum absolute atomic E-state index is 1.07. The SMILES string of the molecule is C1=Cc2sccc2C=C(N2CCNCC2)C1. The Morgan fingerprint density at radius 3 is 3.00 bits per heavy atom. The van der Waals surface area contributed by atoms with Gasteiger partial charge in [0.05, 0.1) is 0 Å². The summed E-state index contributed by atoms with van der Waals surface area (Å²) in [7, 11) is 0. The van der Waals surface area contributed by atoms with Gasteiger partial charge in [0.15, 0.2) is 0 Å². The van der Waals surface area contributed by atoms with Crippen molar-refractivity contribution in [2.24, 2.45) is 0 Å². The molecule has 0 aromatic carbocycles. The molecule has 0 bridgehead atoms. The number of piperazine rings is 1. The largest absolute Gasteiger partial charge is 0.372 e. The van der Waals surface area contributed by atoms with Crippen LogP contribution in [0.2, 0.25) is 0 Å². The molecule has 0 saturated carbocycles. The first-order valence-electron chi connectivity index (χ1n) is 5.84. The fourth-order valence-electron chi connectivity index (χ4n) is 2.28. The molecule has 3 rings (SSSR count). The highest BCUT2D eigenvalue weighted by molar-refractivity contribution is 7.11. The van der Waals surface area contributed by atoms with Crippen molar-refractivity contribution in [3.8, 4) is 0 Å². The van der Waals surface area contributed by atoms with E-state index >= 15 is 0 Å². The van der Waals surface area contributed by atoms with Crippen LogP contribution in [0.15, 0.2) is 23.2 Å². The molecule has 1 aliphatic heterocycles. The lowest BCUT2D eigenvalue weighted by molar-refractivity contribution is 0.297. The van der Waals surface area contributed by atoms with Crippen molar-refractivity contribution in [3.05, 3.63) is 33.7 Å². The Labute approximate surface area is 100 Å². The van der Waals surface area contributed by atoms with Gasteiger partial charge in [-0.1, -0.05) is 6.08 Å². The van der Waals surface area contributed by atoms with Crippen LogP contribution in [0.3, 0.4) is 0 Å². The Bertz CT molecular complexity index is 425. The van der Waals surface area contributed by atoms with Crippen LogP contribution in [0.4, 0.5) is 0 Å². The molecule has 84 valence electrons. The monoisotopic (exact) mass is 232 g/mol. The Balaban J connectivity index is 1.88. The molecule has 0 radical (unpaired) electrons. The molecule has 0 atom stereocenters. The average molecular weight is 232 g/mol. The molecule has 1 aromatic heterocycles. The molecule has 3 heteroatoms. The highest BCUT2D eigenvalue weighted by Gasteiger charge is 2.14. The van der Waals surface area contributed by atoms with Crippen LogP contribution in [0.5, 0.6) is 0 Å². The second kappa shape index (κ2) is 4.44. The van der Waals surface area contributed by atoms with Crippen LogP contribution in [-0.2, 0) is 0 Å². The first-order valence-corrected chi connectivity index (χ1v) is 6.72. The van der Waals surface area contributed by atoms with Crippen LogP contribution in [-0.4, -0.2) is 31.1 Å². The summed E-state index contributed by atoms with van der Waals surface area (Å²) in [6.45, 7) is 4.49. The van der Waals surface area contributed by atoms with Crippen molar-refractivity contribution >= 4 is 23.5 Å². The van der Waals surface area contributed by atoms with Crippen LogP contribution in [0, 0.1) is 0 Å². The van der Waals surface area contributed by atoms with Gasteiger partial charge in [-0.05, 0) is 29.2 Å². The van der Waals surface area contributed by atoms with Gasteiger partial charge in [-0.3, -0.25) is 0 Å². The van der Waals surface area contributed by atoms with Crippen LogP contribution in [0.25, 0.3) is 12.2 Å². The molecule has 2 nitrogen and oxygen atoms in total. The number of thiophene rings is 1. The zero-order valence-corrected chi connectivity index (χ0v) is 10.1. The third-order valence-electron chi connectivity index (χ3n) is 3.17. The molecule has 0 spiro atoms. The average Bonchev–Trinajstić information content (AvgIpc) is 2.68. The van der Waals surface area contributed by atoms with E-state index in [0.717, 1.165) is 32.6 Å². The minimum Gasteiger partial charge on any atom is -0.372 e. The first kappa shape index (κ1) is 10.1. The van der Waals surface area contributed by atoms with Gasteiger partial charge in [-0.2, -0.15) is 0 Å². The maximum absolute atomic E-state index is 3.40. The van der Waals surface area contributed by atoms with Gasteiger partial charge in [0, 0.05) is 43.2 Å². The van der Waals surface area contributed by atoms with Crippen molar-refractivity contribution in [1.82, 2.24) is 10.2 Å². The Hall–Kier alpha value is -1.06. The van der Waals surface area contributed by atoms with Crippen molar-refractivity contribution in [2.75, 3.05) is 26.2 Å². The molecule has 1 fully saturated rings. The second-order valence-corrected chi connectivity index (χ2v) is 5.17. The fourth-order valence-corrected chi connectivity index (χ4v) is 3.08. The molecule has 16 heavy (non-hydrogen) atoms. The molecular weight excluding hydrogens is 216 g/mol. The molecule has 2 heterocycles. The zero-order chi connectivity index (χ0) is 10.8. The Kier molecular flexibility index (Phi) is 2.80. The number of hydrogen-bond acceptors (Lipinski definition) is 3. The van der Waals surface area contributed by atoms with Crippen LogP contribution in [0.1, 0.15) is 16.9 Å². The number of allylic oxidation sites excluding steroid dienone is 1. The van der Waals surface area contributed by atoms with E-state index in [1.807, 2.05) is 11.3 Å². The highest BCUT2D eigenvalue weighted by atomic mass is 32.1. The minimum atomic E-state index is 1.07. The van der Waals surface area contributed by atoms with Crippen LogP contribution < -0.4 is 5.32 Å². The fraction of sp³-hybridized carbons (Fsp3) is 0.385. The van der Waals surface area contributed by atoms with Gasteiger partial charge < -0.3 is 10.2 Å². The third-order valence-corrected chi connectivity index (χ3v) is 4.07. The number of hydrogen-bond donors (Lipinski definition) is 1. The summed E-state index contributed by atoms with van der Waals surface area (Å²) in [5.41, 5.74) is 2.85. The Morgan fingerprint density at radius 1 is 1.25 bits per heavy atom. The summed E-state index contributed by atoms with van der Waals surface area (Å²) in [5, 5.41) is 5.57. The van der Waals surface area contributed by atoms with E-state index in [4.69, 9.17) is 0 Å². The number of fused-ring (bicyclic) bond motifs is 1. The lowest BCUT2D eigenvalue weighted by Gasteiger charge is -2.31. The second-order valence-electron chi connectivity index (χ2n) is 4.22. The molecule has 2 aliphatic rings. The maximum atomic E-state index is 3.40. The normalized spacial score (nSPS) is 20.2. The highest BCUT2D eigenvalue weighted by Crippen LogP contribution is 2.27. The summed E-state index contributed by atoms with van der Waals surface area (Å²) in [6, 6.07) is 2.22. The van der Waals surface area contributed by atoms with Gasteiger partial charge in [0.25, 0.3) is 0 Å². The lowest BCUT2D eigenvalue weighted by atomic mass is 10.2. The zero-order valence-electron chi connectivity index (χ0n) is 9.28. The molecule has 1 N–H and O–H groups in total. The van der Waals surface area contributed by atoms with E-state index in [9.17, 15) is 0 Å². The quantitative estimate of drug-likeness (QED) is 0.800. The van der Waals surface area contributed by atoms with Gasteiger partial charge in [0.1, 0.15) is 0 Å². The molecular formula is C13H16N2S. The first-order chi connectivity index (χ1) is 7.93. The molecule has 1 aliphatic carbocycles. The summed E-state index contributed by atoms with van der Waals surface area (Å²) >= 11 is 1.83. The van der Waals surface area contributed by atoms with E-state index < -0.39 is 0 Å². The third kappa shape index (κ3) is 1.93. The van der Waals surface area contributed by atoms with E-state index in [-0.39, 0.29) is 0 Å². The van der Waals surface area contributed by atoms with Gasteiger partial charge in [0.2, 0.25) is 0 Å². The summed E-state index contributed by atoms with van der Waals surface area (Å²) < 4.78 is 0. The smallest absolute Gasteiger partial charge is 0.0340 e. The van der Waals surface area contributed by atoms with Crippen LogP contribution >= 0.6 is 11.3 Å². The maximum Gasteiger partial charge on any atom is 0.0340 e. The van der Waals surface area contributed by atoms with Gasteiger partial charge in [-0.15, -0.1) is 11.3 Å². The topological polar surface area (TPSA) is 15.3 Å². The van der Waals surface area contributed by atoms with Crippen molar-refractivity contribution in [3.63, 3.8) is 0 Å². The summed E-state index contributed by atoms with van der Waals surface area (Å²) in [5.74, 6) is 0. The van der Waals surface area contributed by atoms with Crippen molar-refractivity contribution in [1.29, 1.82) is 0 Å². The number of nitrogens with zero attached hydrogens (tertiary/aromatic N) is 1. The predicted molar refractivity (Wildman–Crippen MR) is 70.4 cm³/mol. The van der Waals surface area contributed by atoms with Gasteiger partial charge >= 0.3 is 0 Å². The van der Waals surface area contributed by atoms with Gasteiger partial charge in [-0.25, -0.2) is 0 Å². The van der Waals surface area contributed by atoms with E-state index in [1.54, 1.807) is 0 Å². The van der Waals surface area contributed by atoms with E-state index in [0.29, 0.717) is 0 Å². The molecule has 0 unspecified atom stereocenters. The standard InChI is InChI=1S/C13H16N2S/c1-2-12(15-7-5-14-6-8-15)10-11-4-9-16-13(11)3-1/h1,3-4,9-10,14H,2,5-8H2. The lowest BCUT2D eigenvalue weighted by Crippen LogP contribution is -2.42.